The van der Waals surface area contributed by atoms with E-state index >= 15 is 0 Å². The van der Waals surface area contributed by atoms with Crippen LogP contribution in [0.5, 0.6) is 0 Å². The van der Waals surface area contributed by atoms with E-state index in [1.54, 1.807) is 0 Å². The molecule has 1 N–H and O–H groups in total. The van der Waals surface area contributed by atoms with Crippen LogP contribution in [0.3, 0.4) is 0 Å². The van der Waals surface area contributed by atoms with Crippen molar-refractivity contribution >= 4 is 6.03 Å². The summed E-state index contributed by atoms with van der Waals surface area (Å²) in [4.78, 5) is 14.1. The standard InChI is InChI=1S/C17H24N2O/c1-13-4-6-14(7-5-13)11-15-3-2-10-19(12-15)17(20)18-16-8-9-16/h4-7,15-16H,2-3,8-12H2,1H3,(H,18,20)/t15-/m1/s1. The van der Waals surface area contributed by atoms with Crippen molar-refractivity contribution in [2.75, 3.05) is 13.1 Å². The molecule has 0 radical (unpaired) electrons. The third kappa shape index (κ3) is 3.53. The van der Waals surface area contributed by atoms with Gasteiger partial charge in [-0.25, -0.2) is 4.79 Å². The molecule has 1 aromatic rings. The van der Waals surface area contributed by atoms with Gasteiger partial charge in [-0.3, -0.25) is 0 Å². The first-order valence-electron chi connectivity index (χ1n) is 7.82. The van der Waals surface area contributed by atoms with Crippen molar-refractivity contribution < 1.29 is 4.79 Å². The van der Waals surface area contributed by atoms with E-state index in [9.17, 15) is 4.79 Å². The van der Waals surface area contributed by atoms with Crippen molar-refractivity contribution in [2.24, 2.45) is 5.92 Å². The first-order valence-corrected chi connectivity index (χ1v) is 7.82. The average Bonchev–Trinajstić information content (AvgIpc) is 3.26. The third-order valence-corrected chi connectivity index (χ3v) is 4.36. The van der Waals surface area contributed by atoms with E-state index < -0.39 is 0 Å². The van der Waals surface area contributed by atoms with Crippen molar-refractivity contribution in [1.29, 1.82) is 0 Å². The van der Waals surface area contributed by atoms with Gasteiger partial charge in [0.1, 0.15) is 0 Å². The molecule has 108 valence electrons. The molecule has 3 nitrogen and oxygen atoms in total. The summed E-state index contributed by atoms with van der Waals surface area (Å²) >= 11 is 0. The van der Waals surface area contributed by atoms with Crippen molar-refractivity contribution in [1.82, 2.24) is 10.2 Å². The lowest BCUT2D eigenvalue weighted by Crippen LogP contribution is -2.46. The Balaban J connectivity index is 1.54. The van der Waals surface area contributed by atoms with Crippen LogP contribution in [0.2, 0.25) is 0 Å². The summed E-state index contributed by atoms with van der Waals surface area (Å²) in [5.74, 6) is 0.608. The zero-order chi connectivity index (χ0) is 13.9. The fraction of sp³-hybridized carbons (Fsp3) is 0.588. The molecule has 2 amide bonds. The van der Waals surface area contributed by atoms with Gasteiger partial charge in [-0.1, -0.05) is 29.8 Å². The Hall–Kier alpha value is -1.51. The van der Waals surface area contributed by atoms with Crippen molar-refractivity contribution in [3.8, 4) is 0 Å². The third-order valence-electron chi connectivity index (χ3n) is 4.36. The minimum Gasteiger partial charge on any atom is -0.335 e. The summed E-state index contributed by atoms with van der Waals surface area (Å²) in [5, 5.41) is 3.10. The van der Waals surface area contributed by atoms with Crippen LogP contribution < -0.4 is 5.32 Å². The van der Waals surface area contributed by atoms with Crippen LogP contribution in [0.25, 0.3) is 0 Å². The Morgan fingerprint density at radius 3 is 2.70 bits per heavy atom. The van der Waals surface area contributed by atoms with Gasteiger partial charge in [0.15, 0.2) is 0 Å². The number of aryl methyl sites for hydroxylation is 1. The summed E-state index contributed by atoms with van der Waals surface area (Å²) in [6.07, 6.45) is 5.78. The predicted molar refractivity (Wildman–Crippen MR) is 80.7 cm³/mol. The number of nitrogens with zero attached hydrogens (tertiary/aromatic N) is 1. The topological polar surface area (TPSA) is 32.3 Å². The predicted octanol–water partition coefficient (Wildman–Crippen LogP) is 3.12. The highest BCUT2D eigenvalue weighted by atomic mass is 16.2. The number of urea groups is 1. The minimum atomic E-state index is 0.154. The maximum absolute atomic E-state index is 12.1. The fourth-order valence-electron chi connectivity index (χ4n) is 2.97. The van der Waals surface area contributed by atoms with Crippen molar-refractivity contribution in [2.45, 2.75) is 45.1 Å². The molecule has 20 heavy (non-hydrogen) atoms. The molecule has 1 atom stereocenters. The molecule has 2 aliphatic rings. The van der Waals surface area contributed by atoms with E-state index in [4.69, 9.17) is 0 Å². The van der Waals surface area contributed by atoms with Gasteiger partial charge in [0.2, 0.25) is 0 Å². The number of piperidine rings is 1. The molecule has 1 saturated heterocycles. The molecule has 2 fully saturated rings. The summed E-state index contributed by atoms with van der Waals surface area (Å²) < 4.78 is 0. The smallest absolute Gasteiger partial charge is 0.317 e. The van der Waals surface area contributed by atoms with E-state index in [-0.39, 0.29) is 6.03 Å². The van der Waals surface area contributed by atoms with Gasteiger partial charge in [-0.05, 0) is 50.5 Å². The largest absolute Gasteiger partial charge is 0.335 e. The quantitative estimate of drug-likeness (QED) is 0.901. The Morgan fingerprint density at radius 1 is 1.25 bits per heavy atom. The van der Waals surface area contributed by atoms with Gasteiger partial charge in [-0.2, -0.15) is 0 Å². The molecule has 0 bridgehead atoms. The van der Waals surface area contributed by atoms with Crippen LogP contribution in [0.1, 0.15) is 36.8 Å². The summed E-state index contributed by atoms with van der Waals surface area (Å²) in [6.45, 7) is 3.95. The van der Waals surface area contributed by atoms with Gasteiger partial charge in [0.05, 0.1) is 0 Å². The van der Waals surface area contributed by atoms with Gasteiger partial charge >= 0.3 is 6.03 Å². The summed E-state index contributed by atoms with van der Waals surface area (Å²) in [6, 6.07) is 9.41. The first-order chi connectivity index (χ1) is 9.70. The molecule has 0 aromatic heterocycles. The molecule has 3 rings (SSSR count). The van der Waals surface area contributed by atoms with Crippen LogP contribution in [0.4, 0.5) is 4.79 Å². The van der Waals surface area contributed by atoms with E-state index in [1.165, 1.54) is 17.5 Å². The van der Waals surface area contributed by atoms with Gasteiger partial charge in [-0.15, -0.1) is 0 Å². The van der Waals surface area contributed by atoms with Crippen LogP contribution in [0, 0.1) is 12.8 Å². The Labute approximate surface area is 121 Å². The Bertz CT molecular complexity index is 464. The molecular weight excluding hydrogens is 248 g/mol. The van der Waals surface area contributed by atoms with E-state index in [0.29, 0.717) is 12.0 Å². The van der Waals surface area contributed by atoms with Crippen LogP contribution >= 0.6 is 0 Å². The molecular formula is C17H24N2O. The van der Waals surface area contributed by atoms with Gasteiger partial charge < -0.3 is 10.2 Å². The number of nitrogens with one attached hydrogen (secondary N) is 1. The lowest BCUT2D eigenvalue weighted by Gasteiger charge is -2.33. The average molecular weight is 272 g/mol. The fourth-order valence-corrected chi connectivity index (χ4v) is 2.97. The zero-order valence-electron chi connectivity index (χ0n) is 12.3. The van der Waals surface area contributed by atoms with Crippen LogP contribution in [-0.2, 0) is 6.42 Å². The van der Waals surface area contributed by atoms with Gasteiger partial charge in [0.25, 0.3) is 0 Å². The second-order valence-electron chi connectivity index (χ2n) is 6.37. The normalized spacial score (nSPS) is 22.6. The lowest BCUT2D eigenvalue weighted by atomic mass is 9.91. The molecule has 1 heterocycles. The second-order valence-corrected chi connectivity index (χ2v) is 6.37. The summed E-state index contributed by atoms with van der Waals surface area (Å²) in [5.41, 5.74) is 2.70. The highest BCUT2D eigenvalue weighted by Crippen LogP contribution is 2.23. The van der Waals surface area contributed by atoms with E-state index in [2.05, 4.69) is 36.5 Å². The maximum atomic E-state index is 12.1. The SMILES string of the molecule is Cc1ccc(C[C@H]2CCCN(C(=O)NC3CC3)C2)cc1. The molecule has 0 unspecified atom stereocenters. The Morgan fingerprint density at radius 2 is 2.00 bits per heavy atom. The van der Waals surface area contributed by atoms with Crippen molar-refractivity contribution in [3.63, 3.8) is 0 Å². The molecule has 1 saturated carbocycles. The van der Waals surface area contributed by atoms with Gasteiger partial charge in [0, 0.05) is 19.1 Å². The first kappa shape index (κ1) is 13.5. The number of hydrogen-bond donors (Lipinski definition) is 1. The zero-order valence-corrected chi connectivity index (χ0v) is 12.3. The van der Waals surface area contributed by atoms with Crippen molar-refractivity contribution in [3.05, 3.63) is 35.4 Å². The molecule has 0 spiro atoms. The number of carbonyl (C=O) groups excluding carboxylic acids is 1. The Kier molecular flexibility index (Phi) is 3.95. The molecule has 3 heteroatoms. The summed E-state index contributed by atoms with van der Waals surface area (Å²) in [7, 11) is 0. The highest BCUT2D eigenvalue weighted by molar-refractivity contribution is 5.75. The number of likely N-dealkylation sites (tertiary alicyclic amines) is 1. The lowest BCUT2D eigenvalue weighted by molar-refractivity contribution is 0.165. The minimum absolute atomic E-state index is 0.154. The number of amides is 2. The number of hydrogen-bond acceptors (Lipinski definition) is 1. The number of carbonyl (C=O) groups is 1. The highest BCUT2D eigenvalue weighted by Gasteiger charge is 2.28. The molecule has 1 aliphatic carbocycles. The maximum Gasteiger partial charge on any atom is 0.317 e. The van der Waals surface area contributed by atoms with Crippen LogP contribution in [-0.4, -0.2) is 30.1 Å². The second kappa shape index (κ2) is 5.86. The number of benzene rings is 1. The monoisotopic (exact) mass is 272 g/mol. The van der Waals surface area contributed by atoms with Crippen LogP contribution in [0.15, 0.2) is 24.3 Å². The van der Waals surface area contributed by atoms with E-state index in [0.717, 1.165) is 38.8 Å². The molecule has 1 aromatic carbocycles. The molecule has 1 aliphatic heterocycles. The number of rotatable bonds is 3. The van der Waals surface area contributed by atoms with E-state index in [1.807, 2.05) is 4.90 Å².